The molecule has 1 unspecified atom stereocenters. The SMILES string of the molecule is NC(Cc1ccc(OC2CCSCC2)cc1)C(=O)O. The van der Waals surface area contributed by atoms with Crippen molar-refractivity contribution >= 4 is 17.7 Å². The van der Waals surface area contributed by atoms with E-state index in [1.54, 1.807) is 0 Å². The van der Waals surface area contributed by atoms with Crippen LogP contribution in [0.15, 0.2) is 24.3 Å². The van der Waals surface area contributed by atoms with Gasteiger partial charge in [-0.1, -0.05) is 12.1 Å². The van der Waals surface area contributed by atoms with E-state index in [-0.39, 0.29) is 0 Å². The minimum atomic E-state index is -0.972. The zero-order valence-corrected chi connectivity index (χ0v) is 11.6. The van der Waals surface area contributed by atoms with E-state index in [2.05, 4.69) is 0 Å². The number of aliphatic carboxylic acids is 1. The third-order valence-corrected chi connectivity index (χ3v) is 4.22. The molecule has 1 aromatic rings. The van der Waals surface area contributed by atoms with Crippen molar-refractivity contribution in [1.29, 1.82) is 0 Å². The first-order valence-electron chi connectivity index (χ1n) is 6.47. The van der Waals surface area contributed by atoms with Crippen LogP contribution in [-0.2, 0) is 11.2 Å². The fourth-order valence-electron chi connectivity index (χ4n) is 2.03. The molecule has 1 aromatic carbocycles. The fourth-order valence-corrected chi connectivity index (χ4v) is 3.09. The summed E-state index contributed by atoms with van der Waals surface area (Å²) < 4.78 is 5.90. The molecule has 0 aromatic heterocycles. The summed E-state index contributed by atoms with van der Waals surface area (Å²) in [5.41, 5.74) is 6.42. The third kappa shape index (κ3) is 4.44. The average Bonchev–Trinajstić information content (AvgIpc) is 2.42. The molecule has 0 radical (unpaired) electrons. The van der Waals surface area contributed by atoms with Gasteiger partial charge in [-0.3, -0.25) is 4.79 Å². The highest BCUT2D eigenvalue weighted by atomic mass is 32.2. The summed E-state index contributed by atoms with van der Waals surface area (Å²) in [6.07, 6.45) is 2.84. The lowest BCUT2D eigenvalue weighted by atomic mass is 10.1. The number of nitrogens with two attached hydrogens (primary N) is 1. The van der Waals surface area contributed by atoms with Gasteiger partial charge in [0.2, 0.25) is 0 Å². The van der Waals surface area contributed by atoms with E-state index >= 15 is 0 Å². The van der Waals surface area contributed by atoms with Crippen LogP contribution in [0.25, 0.3) is 0 Å². The van der Waals surface area contributed by atoms with Crippen LogP contribution >= 0.6 is 11.8 Å². The predicted molar refractivity (Wildman–Crippen MR) is 76.7 cm³/mol. The summed E-state index contributed by atoms with van der Waals surface area (Å²) >= 11 is 1.97. The maximum Gasteiger partial charge on any atom is 0.320 e. The highest BCUT2D eigenvalue weighted by Crippen LogP contribution is 2.23. The normalized spacial score (nSPS) is 17.9. The van der Waals surface area contributed by atoms with Crippen LogP contribution in [0.3, 0.4) is 0 Å². The Labute approximate surface area is 117 Å². The first-order valence-corrected chi connectivity index (χ1v) is 7.62. The summed E-state index contributed by atoms with van der Waals surface area (Å²) in [6.45, 7) is 0. The van der Waals surface area contributed by atoms with Gasteiger partial charge in [0.15, 0.2) is 0 Å². The van der Waals surface area contributed by atoms with Gasteiger partial charge < -0.3 is 15.6 Å². The molecular weight excluding hydrogens is 262 g/mol. The molecule has 5 heteroatoms. The van der Waals surface area contributed by atoms with Crippen LogP contribution in [0.4, 0.5) is 0 Å². The molecule has 0 spiro atoms. The molecule has 1 aliphatic heterocycles. The molecule has 1 atom stereocenters. The van der Waals surface area contributed by atoms with E-state index in [9.17, 15) is 4.79 Å². The molecule has 19 heavy (non-hydrogen) atoms. The molecular formula is C14H19NO3S. The lowest BCUT2D eigenvalue weighted by Crippen LogP contribution is -2.32. The predicted octanol–water partition coefficient (Wildman–Crippen LogP) is 1.92. The van der Waals surface area contributed by atoms with Gasteiger partial charge in [0, 0.05) is 0 Å². The summed E-state index contributed by atoms with van der Waals surface area (Å²) in [7, 11) is 0. The Morgan fingerprint density at radius 2 is 2.00 bits per heavy atom. The second-order valence-electron chi connectivity index (χ2n) is 4.72. The van der Waals surface area contributed by atoms with Crippen molar-refractivity contribution in [3.8, 4) is 5.75 Å². The van der Waals surface area contributed by atoms with Gasteiger partial charge in [-0.25, -0.2) is 0 Å². The largest absolute Gasteiger partial charge is 0.490 e. The van der Waals surface area contributed by atoms with Crippen molar-refractivity contribution in [2.45, 2.75) is 31.4 Å². The molecule has 4 nitrogen and oxygen atoms in total. The van der Waals surface area contributed by atoms with Crippen molar-refractivity contribution in [3.63, 3.8) is 0 Å². The second kappa shape index (κ2) is 6.82. The van der Waals surface area contributed by atoms with Gasteiger partial charge >= 0.3 is 5.97 Å². The molecule has 1 saturated heterocycles. The van der Waals surface area contributed by atoms with Crippen molar-refractivity contribution in [2.75, 3.05) is 11.5 Å². The lowest BCUT2D eigenvalue weighted by Gasteiger charge is -2.22. The standard InChI is InChI=1S/C14H19NO3S/c15-13(14(16)17)9-10-1-3-11(4-2-10)18-12-5-7-19-8-6-12/h1-4,12-13H,5-9,15H2,(H,16,17). The quantitative estimate of drug-likeness (QED) is 0.862. The zero-order valence-electron chi connectivity index (χ0n) is 10.7. The van der Waals surface area contributed by atoms with Gasteiger partial charge in [0.1, 0.15) is 17.9 Å². The number of thioether (sulfide) groups is 1. The number of carboxylic acid groups (broad SMARTS) is 1. The minimum Gasteiger partial charge on any atom is -0.490 e. The minimum absolute atomic E-state index is 0.313. The third-order valence-electron chi connectivity index (χ3n) is 3.17. The molecule has 1 heterocycles. The molecule has 0 bridgehead atoms. The summed E-state index contributed by atoms with van der Waals surface area (Å²) in [5.74, 6) is 2.21. The van der Waals surface area contributed by atoms with Crippen molar-refractivity contribution < 1.29 is 14.6 Å². The number of carbonyl (C=O) groups is 1. The Morgan fingerprint density at radius 1 is 1.37 bits per heavy atom. The maximum absolute atomic E-state index is 10.7. The molecule has 104 valence electrons. The number of ether oxygens (including phenoxy) is 1. The second-order valence-corrected chi connectivity index (χ2v) is 5.95. The molecule has 2 rings (SSSR count). The Morgan fingerprint density at radius 3 is 2.58 bits per heavy atom. The van der Waals surface area contributed by atoms with E-state index in [0.717, 1.165) is 35.7 Å². The van der Waals surface area contributed by atoms with Crippen LogP contribution in [0, 0.1) is 0 Å². The zero-order chi connectivity index (χ0) is 13.7. The van der Waals surface area contributed by atoms with Crippen molar-refractivity contribution in [3.05, 3.63) is 29.8 Å². The Hall–Kier alpha value is -1.20. The van der Waals surface area contributed by atoms with Crippen LogP contribution in [-0.4, -0.2) is 34.7 Å². The first-order chi connectivity index (χ1) is 9.15. The van der Waals surface area contributed by atoms with Crippen molar-refractivity contribution in [1.82, 2.24) is 0 Å². The number of carboxylic acids is 1. The van der Waals surface area contributed by atoms with Crippen LogP contribution in [0.2, 0.25) is 0 Å². The van der Waals surface area contributed by atoms with E-state index in [1.165, 1.54) is 0 Å². The van der Waals surface area contributed by atoms with E-state index < -0.39 is 12.0 Å². The Kier molecular flexibility index (Phi) is 5.10. The van der Waals surface area contributed by atoms with Gasteiger partial charge in [-0.2, -0.15) is 11.8 Å². The van der Waals surface area contributed by atoms with Crippen LogP contribution < -0.4 is 10.5 Å². The fraction of sp³-hybridized carbons (Fsp3) is 0.500. The van der Waals surface area contributed by atoms with Crippen LogP contribution in [0.5, 0.6) is 5.75 Å². The summed E-state index contributed by atoms with van der Waals surface area (Å²) in [4.78, 5) is 10.7. The van der Waals surface area contributed by atoms with Gasteiger partial charge in [-0.15, -0.1) is 0 Å². The van der Waals surface area contributed by atoms with Crippen molar-refractivity contribution in [2.24, 2.45) is 5.73 Å². The van der Waals surface area contributed by atoms with Crippen LogP contribution in [0.1, 0.15) is 18.4 Å². The number of hydrogen-bond acceptors (Lipinski definition) is 4. The van der Waals surface area contributed by atoms with E-state index in [4.69, 9.17) is 15.6 Å². The molecule has 1 fully saturated rings. The Bertz CT molecular complexity index is 415. The van der Waals surface area contributed by atoms with Gasteiger partial charge in [0.05, 0.1) is 0 Å². The smallest absolute Gasteiger partial charge is 0.320 e. The van der Waals surface area contributed by atoms with Gasteiger partial charge in [-0.05, 0) is 48.5 Å². The summed E-state index contributed by atoms with van der Waals surface area (Å²) in [5, 5.41) is 8.76. The van der Waals surface area contributed by atoms with E-state index in [1.807, 2.05) is 36.0 Å². The monoisotopic (exact) mass is 281 g/mol. The molecule has 0 saturated carbocycles. The molecule has 0 amide bonds. The number of benzene rings is 1. The maximum atomic E-state index is 10.7. The highest BCUT2D eigenvalue weighted by molar-refractivity contribution is 7.99. The summed E-state index contributed by atoms with van der Waals surface area (Å²) in [6, 6.07) is 6.71. The lowest BCUT2D eigenvalue weighted by molar-refractivity contribution is -0.138. The van der Waals surface area contributed by atoms with E-state index in [0.29, 0.717) is 12.5 Å². The first kappa shape index (κ1) is 14.2. The molecule has 0 aliphatic carbocycles. The van der Waals surface area contributed by atoms with Gasteiger partial charge in [0.25, 0.3) is 0 Å². The molecule has 3 N–H and O–H groups in total. The Balaban J connectivity index is 1.88. The number of hydrogen-bond donors (Lipinski definition) is 2. The average molecular weight is 281 g/mol. The highest BCUT2D eigenvalue weighted by Gasteiger charge is 2.15. The number of rotatable bonds is 5. The molecule has 1 aliphatic rings. The topological polar surface area (TPSA) is 72.5 Å².